The molecular formula is C20H30N4O2. The second kappa shape index (κ2) is 7.74. The van der Waals surface area contributed by atoms with Crippen molar-refractivity contribution in [3.63, 3.8) is 0 Å². The molecule has 1 saturated heterocycles. The van der Waals surface area contributed by atoms with Crippen molar-refractivity contribution in [2.75, 3.05) is 23.7 Å². The third kappa shape index (κ3) is 4.06. The molecule has 1 aromatic heterocycles. The predicted molar refractivity (Wildman–Crippen MR) is 103 cm³/mol. The van der Waals surface area contributed by atoms with Crippen LogP contribution in [-0.2, 0) is 9.59 Å². The fraction of sp³-hybridized carbons (Fsp3) is 0.650. The Balaban J connectivity index is 1.63. The van der Waals surface area contributed by atoms with Gasteiger partial charge >= 0.3 is 0 Å². The molecule has 1 spiro atoms. The number of aryl methyl sites for hydroxylation is 1. The average Bonchev–Trinajstić information content (AvgIpc) is 2.56. The van der Waals surface area contributed by atoms with E-state index >= 15 is 0 Å². The van der Waals surface area contributed by atoms with Crippen molar-refractivity contribution in [1.82, 2.24) is 9.88 Å². The zero-order valence-electron chi connectivity index (χ0n) is 16.1. The van der Waals surface area contributed by atoms with Crippen LogP contribution in [0.1, 0.15) is 58.1 Å². The predicted octanol–water partition coefficient (Wildman–Crippen LogP) is 3.33. The van der Waals surface area contributed by atoms with Gasteiger partial charge in [-0.05, 0) is 51.6 Å². The van der Waals surface area contributed by atoms with Crippen LogP contribution in [0.2, 0.25) is 0 Å². The summed E-state index contributed by atoms with van der Waals surface area (Å²) in [4.78, 5) is 31.2. The number of hydrogen-bond donors (Lipinski definition) is 2. The van der Waals surface area contributed by atoms with Crippen LogP contribution < -0.4 is 10.6 Å². The molecule has 2 aliphatic rings. The van der Waals surface area contributed by atoms with Crippen molar-refractivity contribution in [2.45, 2.75) is 64.8 Å². The van der Waals surface area contributed by atoms with Crippen LogP contribution >= 0.6 is 0 Å². The highest BCUT2D eigenvalue weighted by molar-refractivity contribution is 5.95. The van der Waals surface area contributed by atoms with Crippen LogP contribution in [0.3, 0.4) is 0 Å². The summed E-state index contributed by atoms with van der Waals surface area (Å²) in [5, 5.41) is 5.82. The van der Waals surface area contributed by atoms with E-state index in [-0.39, 0.29) is 23.3 Å². The first-order chi connectivity index (χ1) is 12.4. The number of piperidine rings is 1. The average molecular weight is 358 g/mol. The molecule has 6 heteroatoms. The van der Waals surface area contributed by atoms with E-state index in [0.29, 0.717) is 17.9 Å². The van der Waals surface area contributed by atoms with Crippen molar-refractivity contribution in [1.29, 1.82) is 0 Å². The van der Waals surface area contributed by atoms with Gasteiger partial charge in [-0.15, -0.1) is 0 Å². The normalized spacial score (nSPS) is 19.2. The lowest BCUT2D eigenvalue weighted by molar-refractivity contribution is -0.121. The zero-order chi connectivity index (χ0) is 18.7. The first-order valence-corrected chi connectivity index (χ1v) is 9.72. The number of anilines is 2. The Morgan fingerprint density at radius 1 is 1.19 bits per heavy atom. The Kier molecular flexibility index (Phi) is 5.61. The molecule has 26 heavy (non-hydrogen) atoms. The highest BCUT2D eigenvalue weighted by atomic mass is 16.2. The molecule has 1 aliphatic carbocycles. The molecule has 0 atom stereocenters. The van der Waals surface area contributed by atoms with Gasteiger partial charge in [0.15, 0.2) is 0 Å². The molecule has 2 N–H and O–H groups in total. The van der Waals surface area contributed by atoms with Gasteiger partial charge in [0, 0.05) is 11.5 Å². The summed E-state index contributed by atoms with van der Waals surface area (Å²) in [6.45, 7) is 6.98. The third-order valence-electron chi connectivity index (χ3n) is 5.76. The molecule has 1 aliphatic heterocycles. The number of likely N-dealkylation sites (tertiary alicyclic amines) is 1. The number of carbonyl (C=O) groups excluding carboxylic acids is 2. The van der Waals surface area contributed by atoms with Gasteiger partial charge in [-0.1, -0.05) is 20.3 Å². The van der Waals surface area contributed by atoms with Gasteiger partial charge in [0.2, 0.25) is 11.8 Å². The minimum absolute atomic E-state index is 0.00929. The molecule has 1 aromatic rings. The minimum atomic E-state index is -0.106. The minimum Gasteiger partial charge on any atom is -0.324 e. The lowest BCUT2D eigenvalue weighted by Crippen LogP contribution is -2.58. The maximum atomic E-state index is 12.6. The van der Waals surface area contributed by atoms with Crippen LogP contribution in [0.15, 0.2) is 12.3 Å². The van der Waals surface area contributed by atoms with Crippen molar-refractivity contribution in [3.8, 4) is 0 Å². The Bertz CT molecular complexity index is 682. The SMILES string of the molecule is Cc1ncc(NC(=O)CN2CCCCC23CCC3)cc1NC(=O)C(C)C. The summed E-state index contributed by atoms with van der Waals surface area (Å²) >= 11 is 0. The molecular weight excluding hydrogens is 328 g/mol. The Morgan fingerprint density at radius 2 is 1.92 bits per heavy atom. The van der Waals surface area contributed by atoms with Crippen LogP contribution in [0.5, 0.6) is 0 Å². The molecule has 0 bridgehead atoms. The first kappa shape index (κ1) is 18.8. The number of amides is 2. The summed E-state index contributed by atoms with van der Waals surface area (Å²) in [6.07, 6.45) is 9.03. The molecule has 0 aromatic carbocycles. The monoisotopic (exact) mass is 358 g/mol. The highest BCUT2D eigenvalue weighted by Crippen LogP contribution is 2.44. The molecule has 2 heterocycles. The van der Waals surface area contributed by atoms with E-state index in [1.54, 1.807) is 12.3 Å². The van der Waals surface area contributed by atoms with E-state index < -0.39 is 0 Å². The van der Waals surface area contributed by atoms with Crippen LogP contribution in [0, 0.1) is 12.8 Å². The maximum absolute atomic E-state index is 12.6. The van der Waals surface area contributed by atoms with Crippen molar-refractivity contribution in [3.05, 3.63) is 18.0 Å². The second-order valence-corrected chi connectivity index (χ2v) is 8.01. The Hall–Kier alpha value is -1.95. The van der Waals surface area contributed by atoms with Gasteiger partial charge in [0.25, 0.3) is 0 Å². The molecule has 2 amide bonds. The molecule has 0 radical (unpaired) electrons. The smallest absolute Gasteiger partial charge is 0.238 e. The topological polar surface area (TPSA) is 74.3 Å². The van der Waals surface area contributed by atoms with Crippen molar-refractivity contribution < 1.29 is 9.59 Å². The summed E-state index contributed by atoms with van der Waals surface area (Å²) in [5.74, 6) is -0.172. The summed E-state index contributed by atoms with van der Waals surface area (Å²) in [7, 11) is 0. The van der Waals surface area contributed by atoms with Gasteiger partial charge in [-0.3, -0.25) is 19.5 Å². The number of pyridine rings is 1. The fourth-order valence-electron chi connectivity index (χ4n) is 3.93. The highest BCUT2D eigenvalue weighted by Gasteiger charge is 2.44. The van der Waals surface area contributed by atoms with Crippen LogP contribution in [0.25, 0.3) is 0 Å². The van der Waals surface area contributed by atoms with E-state index in [9.17, 15) is 9.59 Å². The molecule has 2 fully saturated rings. The van der Waals surface area contributed by atoms with Gasteiger partial charge in [0.05, 0.1) is 29.8 Å². The third-order valence-corrected chi connectivity index (χ3v) is 5.76. The van der Waals surface area contributed by atoms with Gasteiger partial charge < -0.3 is 10.6 Å². The van der Waals surface area contributed by atoms with Gasteiger partial charge in [-0.2, -0.15) is 0 Å². The molecule has 1 saturated carbocycles. The molecule has 142 valence electrons. The summed E-state index contributed by atoms with van der Waals surface area (Å²) in [5.41, 5.74) is 2.29. The molecule has 3 rings (SSSR count). The van der Waals surface area contributed by atoms with E-state index in [1.807, 2.05) is 20.8 Å². The van der Waals surface area contributed by atoms with E-state index in [0.717, 1.165) is 12.2 Å². The quantitative estimate of drug-likeness (QED) is 0.847. The van der Waals surface area contributed by atoms with Crippen molar-refractivity contribution in [2.24, 2.45) is 5.92 Å². The van der Waals surface area contributed by atoms with Crippen LogP contribution in [0.4, 0.5) is 11.4 Å². The van der Waals surface area contributed by atoms with Gasteiger partial charge in [0.1, 0.15) is 0 Å². The first-order valence-electron chi connectivity index (χ1n) is 9.72. The van der Waals surface area contributed by atoms with E-state index in [4.69, 9.17) is 0 Å². The number of nitrogens with zero attached hydrogens (tertiary/aromatic N) is 2. The number of aromatic nitrogens is 1. The number of rotatable bonds is 5. The number of carbonyl (C=O) groups is 2. The number of nitrogens with one attached hydrogen (secondary N) is 2. The van der Waals surface area contributed by atoms with Gasteiger partial charge in [-0.25, -0.2) is 0 Å². The largest absolute Gasteiger partial charge is 0.324 e. The lowest BCUT2D eigenvalue weighted by Gasteiger charge is -2.53. The van der Waals surface area contributed by atoms with Crippen LogP contribution in [-0.4, -0.2) is 40.3 Å². The Labute approximate surface area is 155 Å². The molecule has 0 unspecified atom stereocenters. The lowest BCUT2D eigenvalue weighted by atomic mass is 9.70. The fourth-order valence-corrected chi connectivity index (χ4v) is 3.93. The standard InChI is InChI=1S/C20H30N4O2/c1-14(2)19(26)23-17-11-16(12-21-15(17)3)22-18(25)13-24-10-5-4-7-20(24)8-6-9-20/h11-12,14H,4-10,13H2,1-3H3,(H,22,25)(H,23,26). The van der Waals surface area contributed by atoms with E-state index in [1.165, 1.54) is 38.5 Å². The Morgan fingerprint density at radius 3 is 2.58 bits per heavy atom. The van der Waals surface area contributed by atoms with Crippen molar-refractivity contribution >= 4 is 23.2 Å². The molecule has 6 nitrogen and oxygen atoms in total. The van der Waals surface area contributed by atoms with E-state index in [2.05, 4.69) is 20.5 Å². The number of hydrogen-bond acceptors (Lipinski definition) is 4. The summed E-state index contributed by atoms with van der Waals surface area (Å²) in [6, 6.07) is 1.79. The zero-order valence-corrected chi connectivity index (χ0v) is 16.1. The maximum Gasteiger partial charge on any atom is 0.238 e. The summed E-state index contributed by atoms with van der Waals surface area (Å²) < 4.78 is 0. The second-order valence-electron chi connectivity index (χ2n) is 8.01.